The van der Waals surface area contributed by atoms with E-state index in [0.29, 0.717) is 10.6 Å². The molecule has 0 saturated heterocycles. The number of aromatic carboxylic acids is 1. The van der Waals surface area contributed by atoms with Crippen LogP contribution in [0.1, 0.15) is 10.4 Å². The van der Waals surface area contributed by atoms with Crippen LogP contribution in [0.3, 0.4) is 0 Å². The van der Waals surface area contributed by atoms with Crippen molar-refractivity contribution in [2.45, 2.75) is 4.90 Å². The molecule has 16 heavy (non-hydrogen) atoms. The van der Waals surface area contributed by atoms with Crippen LogP contribution in [0.2, 0.25) is 0 Å². The number of anilines is 1. The molecule has 5 nitrogen and oxygen atoms in total. The van der Waals surface area contributed by atoms with Gasteiger partial charge in [-0.05, 0) is 18.2 Å². The Labute approximate surface area is 96.6 Å². The van der Waals surface area contributed by atoms with Crippen molar-refractivity contribution in [3.63, 3.8) is 0 Å². The quantitative estimate of drug-likeness (QED) is 0.468. The minimum absolute atomic E-state index is 0.0701. The lowest BCUT2D eigenvalue weighted by molar-refractivity contribution is -0.137. The third-order valence-corrected chi connectivity index (χ3v) is 2.85. The van der Waals surface area contributed by atoms with E-state index in [4.69, 9.17) is 10.8 Å². The Morgan fingerprint density at radius 2 is 2.19 bits per heavy atom. The van der Waals surface area contributed by atoms with E-state index in [1.807, 2.05) is 0 Å². The molecule has 6 heteroatoms. The average molecular weight is 241 g/mol. The Morgan fingerprint density at radius 3 is 2.75 bits per heavy atom. The molecule has 1 aromatic rings. The van der Waals surface area contributed by atoms with Crippen molar-refractivity contribution in [3.8, 4) is 0 Å². The molecule has 0 spiro atoms. The van der Waals surface area contributed by atoms with Gasteiger partial charge >= 0.3 is 11.9 Å². The molecule has 0 saturated carbocycles. The monoisotopic (exact) mass is 241 g/mol. The average Bonchev–Trinajstić information content (AvgIpc) is 2.26. The molecule has 0 bridgehead atoms. The summed E-state index contributed by atoms with van der Waals surface area (Å²) < 4.78 is 4.46. The molecular formula is C10H11NO4S. The van der Waals surface area contributed by atoms with Gasteiger partial charge in [-0.25, -0.2) is 4.79 Å². The molecule has 0 radical (unpaired) electrons. The first kappa shape index (κ1) is 12.4. The Balaban J connectivity index is 2.87. The van der Waals surface area contributed by atoms with Gasteiger partial charge in [0.2, 0.25) is 0 Å². The number of rotatable bonds is 4. The summed E-state index contributed by atoms with van der Waals surface area (Å²) in [6.45, 7) is 0. The van der Waals surface area contributed by atoms with Crippen molar-refractivity contribution in [2.75, 3.05) is 18.6 Å². The van der Waals surface area contributed by atoms with E-state index < -0.39 is 11.9 Å². The number of carbonyl (C=O) groups excluding carboxylic acids is 1. The lowest BCUT2D eigenvalue weighted by atomic mass is 10.2. The van der Waals surface area contributed by atoms with E-state index in [-0.39, 0.29) is 11.3 Å². The Kier molecular flexibility index (Phi) is 4.19. The van der Waals surface area contributed by atoms with Gasteiger partial charge in [-0.15, -0.1) is 11.8 Å². The van der Waals surface area contributed by atoms with Gasteiger partial charge in [0.05, 0.1) is 18.4 Å². The summed E-state index contributed by atoms with van der Waals surface area (Å²) in [7, 11) is 1.28. The van der Waals surface area contributed by atoms with Gasteiger partial charge in [0.15, 0.2) is 0 Å². The van der Waals surface area contributed by atoms with Crippen molar-refractivity contribution < 1.29 is 19.4 Å². The van der Waals surface area contributed by atoms with E-state index in [2.05, 4.69) is 4.74 Å². The predicted octanol–water partition coefficient (Wildman–Crippen LogP) is 1.23. The zero-order valence-electron chi connectivity index (χ0n) is 8.60. The zero-order valence-corrected chi connectivity index (χ0v) is 9.41. The molecule has 0 unspecified atom stereocenters. The van der Waals surface area contributed by atoms with E-state index >= 15 is 0 Å². The van der Waals surface area contributed by atoms with E-state index in [1.54, 1.807) is 12.1 Å². The molecule has 86 valence electrons. The number of hydrogen-bond acceptors (Lipinski definition) is 5. The number of carboxylic acids is 1. The molecule has 0 amide bonds. The van der Waals surface area contributed by atoms with Gasteiger partial charge in [-0.2, -0.15) is 0 Å². The molecular weight excluding hydrogens is 230 g/mol. The third-order valence-electron chi connectivity index (χ3n) is 1.81. The fourth-order valence-electron chi connectivity index (χ4n) is 1.04. The zero-order chi connectivity index (χ0) is 12.1. The predicted molar refractivity (Wildman–Crippen MR) is 60.6 cm³/mol. The van der Waals surface area contributed by atoms with Crippen LogP contribution in [0.15, 0.2) is 23.1 Å². The largest absolute Gasteiger partial charge is 0.478 e. The summed E-state index contributed by atoms with van der Waals surface area (Å²) in [5, 5.41) is 8.93. The van der Waals surface area contributed by atoms with Crippen LogP contribution in [0.5, 0.6) is 0 Å². The molecule has 0 atom stereocenters. The van der Waals surface area contributed by atoms with Crippen LogP contribution in [0.25, 0.3) is 0 Å². The highest BCUT2D eigenvalue weighted by atomic mass is 32.2. The number of ether oxygens (including phenoxy) is 1. The van der Waals surface area contributed by atoms with Crippen LogP contribution in [-0.2, 0) is 9.53 Å². The summed E-state index contributed by atoms with van der Waals surface area (Å²) in [5.74, 6) is -1.40. The summed E-state index contributed by atoms with van der Waals surface area (Å²) in [6, 6.07) is 4.53. The second-order valence-electron chi connectivity index (χ2n) is 2.93. The van der Waals surface area contributed by atoms with Crippen molar-refractivity contribution >= 4 is 29.4 Å². The van der Waals surface area contributed by atoms with Gasteiger partial charge in [-0.1, -0.05) is 0 Å². The normalized spacial score (nSPS) is 9.81. The minimum atomic E-state index is -1.07. The number of carbonyl (C=O) groups is 2. The minimum Gasteiger partial charge on any atom is -0.478 e. The number of nitrogens with two attached hydrogens (primary N) is 1. The number of esters is 1. The molecule has 0 aliphatic heterocycles. The maximum absolute atomic E-state index is 10.9. The Bertz CT molecular complexity index is 419. The standard InChI is InChI=1S/C10H11NO4S/c1-15-9(12)5-16-8-3-2-6(11)4-7(8)10(13)14/h2-4H,5,11H2,1H3,(H,13,14). The first-order valence-electron chi connectivity index (χ1n) is 4.37. The summed E-state index contributed by atoms with van der Waals surface area (Å²) in [4.78, 5) is 22.3. The number of benzene rings is 1. The highest BCUT2D eigenvalue weighted by molar-refractivity contribution is 8.00. The van der Waals surface area contributed by atoms with Crippen LogP contribution in [0.4, 0.5) is 5.69 Å². The highest BCUT2D eigenvalue weighted by Gasteiger charge is 2.12. The third kappa shape index (κ3) is 3.16. The molecule has 0 aliphatic rings. The van der Waals surface area contributed by atoms with E-state index in [9.17, 15) is 9.59 Å². The van der Waals surface area contributed by atoms with Crippen LogP contribution >= 0.6 is 11.8 Å². The lowest BCUT2D eigenvalue weighted by Gasteiger charge is -2.05. The molecule has 0 aromatic heterocycles. The maximum atomic E-state index is 10.9. The molecule has 0 aliphatic carbocycles. The van der Waals surface area contributed by atoms with Gasteiger partial charge in [0.1, 0.15) is 0 Å². The first-order valence-corrected chi connectivity index (χ1v) is 5.35. The Morgan fingerprint density at radius 1 is 1.50 bits per heavy atom. The van der Waals surface area contributed by atoms with Gasteiger partial charge < -0.3 is 15.6 Å². The molecule has 0 fully saturated rings. The smallest absolute Gasteiger partial charge is 0.336 e. The summed E-state index contributed by atoms with van der Waals surface area (Å²) >= 11 is 1.11. The maximum Gasteiger partial charge on any atom is 0.336 e. The molecule has 0 heterocycles. The van der Waals surface area contributed by atoms with Gasteiger partial charge in [0.25, 0.3) is 0 Å². The van der Waals surface area contributed by atoms with Gasteiger partial charge in [-0.3, -0.25) is 4.79 Å². The van der Waals surface area contributed by atoms with E-state index in [0.717, 1.165) is 11.8 Å². The molecule has 1 aromatic carbocycles. The second kappa shape index (κ2) is 5.41. The van der Waals surface area contributed by atoms with E-state index in [1.165, 1.54) is 13.2 Å². The number of hydrogen-bond donors (Lipinski definition) is 2. The fourth-order valence-corrected chi connectivity index (χ4v) is 1.89. The fraction of sp³-hybridized carbons (Fsp3) is 0.200. The Hall–Kier alpha value is -1.69. The number of methoxy groups -OCH3 is 1. The van der Waals surface area contributed by atoms with Crippen molar-refractivity contribution in [3.05, 3.63) is 23.8 Å². The van der Waals surface area contributed by atoms with Crippen LogP contribution < -0.4 is 5.73 Å². The van der Waals surface area contributed by atoms with Crippen molar-refractivity contribution in [1.29, 1.82) is 0 Å². The number of carboxylic acid groups (broad SMARTS) is 1. The van der Waals surface area contributed by atoms with Crippen molar-refractivity contribution in [1.82, 2.24) is 0 Å². The number of thioether (sulfide) groups is 1. The van der Waals surface area contributed by atoms with Crippen LogP contribution in [-0.4, -0.2) is 29.9 Å². The lowest BCUT2D eigenvalue weighted by Crippen LogP contribution is -2.05. The molecule has 1 rings (SSSR count). The van der Waals surface area contributed by atoms with Crippen molar-refractivity contribution in [2.24, 2.45) is 0 Å². The number of nitrogen functional groups attached to an aromatic ring is 1. The van der Waals surface area contributed by atoms with Crippen LogP contribution in [0, 0.1) is 0 Å². The first-order chi connectivity index (χ1) is 7.54. The van der Waals surface area contributed by atoms with Gasteiger partial charge in [0, 0.05) is 10.6 Å². The summed E-state index contributed by atoms with van der Waals surface area (Å²) in [5.41, 5.74) is 5.95. The summed E-state index contributed by atoms with van der Waals surface area (Å²) in [6.07, 6.45) is 0. The SMILES string of the molecule is COC(=O)CSc1ccc(N)cc1C(=O)O. The second-order valence-corrected chi connectivity index (χ2v) is 3.94. The highest BCUT2D eigenvalue weighted by Crippen LogP contribution is 2.24. The molecule has 3 N–H and O–H groups in total. The topological polar surface area (TPSA) is 89.6 Å².